The molecule has 0 aromatic heterocycles. The van der Waals surface area contributed by atoms with Crippen LogP contribution in [0.2, 0.25) is 0 Å². The fourth-order valence-corrected chi connectivity index (χ4v) is 1.59. The second-order valence-corrected chi connectivity index (χ2v) is 3.51. The summed E-state index contributed by atoms with van der Waals surface area (Å²) in [6.07, 6.45) is 0. The maximum absolute atomic E-state index is 3.29. The summed E-state index contributed by atoms with van der Waals surface area (Å²) in [5.41, 5.74) is 4.77. The minimum absolute atomic E-state index is 0. The van der Waals surface area contributed by atoms with E-state index in [2.05, 4.69) is 38.1 Å². The molecule has 0 saturated carbocycles. The third kappa shape index (κ3) is 4.15. The van der Waals surface area contributed by atoms with Crippen LogP contribution in [0, 0.1) is 26.0 Å². The minimum atomic E-state index is 0. The van der Waals surface area contributed by atoms with Crippen molar-refractivity contribution in [1.82, 2.24) is 0 Å². The average Bonchev–Trinajstić information content (AvgIpc) is 2.19. The fourth-order valence-electron chi connectivity index (χ4n) is 1.59. The molecule has 0 atom stereocenters. The first-order chi connectivity index (χ1) is 6.77. The maximum atomic E-state index is 3.29. The predicted molar refractivity (Wildman–Crippen MR) is 59.0 cm³/mol. The van der Waals surface area contributed by atoms with Crippen molar-refractivity contribution in [3.05, 3.63) is 59.7 Å². The molecular formula is C14H12Y2-2. The third-order valence-corrected chi connectivity index (χ3v) is 2.26. The molecule has 0 fully saturated rings. The Bertz CT molecular complexity index is 436. The molecule has 0 aliphatic carbocycles. The fraction of sp³-hybridized carbons (Fsp3) is 0.143. The minimum Gasteiger partial charge on any atom is -0.226 e. The van der Waals surface area contributed by atoms with Gasteiger partial charge in [-0.2, -0.15) is 42.0 Å². The molecule has 2 rings (SSSR count). The van der Waals surface area contributed by atoms with E-state index < -0.39 is 0 Å². The van der Waals surface area contributed by atoms with Gasteiger partial charge in [0.15, 0.2) is 0 Å². The van der Waals surface area contributed by atoms with E-state index in [0.717, 1.165) is 11.1 Å². The van der Waals surface area contributed by atoms with E-state index >= 15 is 0 Å². The molecule has 0 heterocycles. The molecule has 16 heavy (non-hydrogen) atoms. The van der Waals surface area contributed by atoms with Gasteiger partial charge in [0.2, 0.25) is 0 Å². The van der Waals surface area contributed by atoms with Crippen LogP contribution >= 0.6 is 0 Å². The van der Waals surface area contributed by atoms with Gasteiger partial charge in [-0.1, -0.05) is 13.8 Å². The molecule has 0 saturated heterocycles. The van der Waals surface area contributed by atoms with Crippen LogP contribution < -0.4 is 0 Å². The molecule has 0 aliphatic rings. The average molecular weight is 358 g/mol. The molecule has 0 amide bonds. The topological polar surface area (TPSA) is 0 Å². The van der Waals surface area contributed by atoms with Gasteiger partial charge < -0.3 is 0 Å². The van der Waals surface area contributed by atoms with E-state index in [1.54, 1.807) is 0 Å². The number of hydrogen-bond donors (Lipinski definition) is 0. The largest absolute Gasteiger partial charge is 0.226 e. The summed E-state index contributed by atoms with van der Waals surface area (Å²) in [6.45, 7) is 4.20. The maximum Gasteiger partial charge on any atom is 0 e. The normalized spacial score (nSPS) is 8.88. The molecule has 0 unspecified atom stereocenters. The zero-order chi connectivity index (χ0) is 9.97. The second-order valence-electron chi connectivity index (χ2n) is 3.51. The van der Waals surface area contributed by atoms with E-state index in [9.17, 15) is 0 Å². The van der Waals surface area contributed by atoms with Crippen LogP contribution in [-0.4, -0.2) is 0 Å². The molecule has 0 N–H and O–H groups in total. The molecule has 76 valence electrons. The molecule has 2 heteroatoms. The predicted octanol–water partition coefficient (Wildman–Crippen LogP) is 3.57. The Kier molecular flexibility index (Phi) is 8.19. The summed E-state index contributed by atoms with van der Waals surface area (Å²) < 4.78 is 0. The molecule has 2 aromatic carbocycles. The Morgan fingerprint density at radius 2 is 1.75 bits per heavy atom. The second kappa shape index (κ2) is 7.87. The Hall–Kier alpha value is 0.648. The Labute approximate surface area is 148 Å². The van der Waals surface area contributed by atoms with Gasteiger partial charge in [-0.3, -0.25) is 0 Å². The quantitative estimate of drug-likeness (QED) is 0.684. The van der Waals surface area contributed by atoms with Crippen molar-refractivity contribution in [3.63, 3.8) is 0 Å². The monoisotopic (exact) mass is 358 g/mol. The summed E-state index contributed by atoms with van der Waals surface area (Å²) in [4.78, 5) is 0. The summed E-state index contributed by atoms with van der Waals surface area (Å²) in [5.74, 6) is 0. The molecule has 2 radical (unpaired) electrons. The third-order valence-electron chi connectivity index (χ3n) is 2.26. The molecule has 0 bridgehead atoms. The van der Waals surface area contributed by atoms with Crippen LogP contribution in [0.1, 0.15) is 11.1 Å². The van der Waals surface area contributed by atoms with E-state index in [-0.39, 0.29) is 65.4 Å². The smallest absolute Gasteiger partial charge is 0 e. The number of hydrogen-bond acceptors (Lipinski definition) is 0. The standard InChI is InChI=1S/C14H12.2Y/c1-11-8-9-14(12(2)10-11)13-6-4-3-5-7-13;;/h3-6,8,10H,1-2H3;;/q-2;;. The van der Waals surface area contributed by atoms with Gasteiger partial charge in [0, 0.05) is 65.4 Å². The first-order valence-electron chi connectivity index (χ1n) is 4.73. The van der Waals surface area contributed by atoms with E-state index in [0.29, 0.717) is 0 Å². The zero-order valence-electron chi connectivity index (χ0n) is 9.62. The van der Waals surface area contributed by atoms with Crippen LogP contribution in [-0.2, 0) is 65.4 Å². The summed E-state index contributed by atoms with van der Waals surface area (Å²) in [6, 6.07) is 18.7. The molecule has 0 aliphatic heterocycles. The Morgan fingerprint density at radius 1 is 1.00 bits per heavy atom. The summed E-state index contributed by atoms with van der Waals surface area (Å²) in [7, 11) is 0. The van der Waals surface area contributed by atoms with Crippen LogP contribution in [0.3, 0.4) is 0 Å². The van der Waals surface area contributed by atoms with Crippen molar-refractivity contribution in [2.45, 2.75) is 13.8 Å². The summed E-state index contributed by atoms with van der Waals surface area (Å²) >= 11 is 0. The van der Waals surface area contributed by atoms with E-state index in [1.807, 2.05) is 24.3 Å². The van der Waals surface area contributed by atoms with Crippen LogP contribution in [0.15, 0.2) is 36.4 Å². The molecule has 0 spiro atoms. The SMILES string of the molecule is Cc1c[c-]c(-c2[c-]cccc2)c(C)c1.[Y].[Y]. The Balaban J connectivity index is 0.00000112. The van der Waals surface area contributed by atoms with Crippen molar-refractivity contribution in [1.29, 1.82) is 0 Å². The van der Waals surface area contributed by atoms with E-state index in [4.69, 9.17) is 0 Å². The van der Waals surface area contributed by atoms with Crippen LogP contribution in [0.4, 0.5) is 0 Å². The molecular weight excluding hydrogens is 346 g/mol. The van der Waals surface area contributed by atoms with Gasteiger partial charge in [-0.05, 0) is 0 Å². The number of rotatable bonds is 1. The van der Waals surface area contributed by atoms with Crippen molar-refractivity contribution < 1.29 is 65.4 Å². The van der Waals surface area contributed by atoms with Gasteiger partial charge >= 0.3 is 0 Å². The van der Waals surface area contributed by atoms with Crippen molar-refractivity contribution in [2.24, 2.45) is 0 Å². The van der Waals surface area contributed by atoms with Crippen molar-refractivity contribution >= 4 is 0 Å². The van der Waals surface area contributed by atoms with E-state index in [1.165, 1.54) is 11.1 Å². The zero-order valence-corrected chi connectivity index (χ0v) is 15.3. The molecule has 2 aromatic rings. The van der Waals surface area contributed by atoms with Crippen LogP contribution in [0.5, 0.6) is 0 Å². The van der Waals surface area contributed by atoms with Crippen LogP contribution in [0.25, 0.3) is 11.1 Å². The van der Waals surface area contributed by atoms with Gasteiger partial charge in [0.25, 0.3) is 0 Å². The van der Waals surface area contributed by atoms with Gasteiger partial charge in [0.05, 0.1) is 0 Å². The number of aryl methyl sites for hydroxylation is 2. The first-order valence-corrected chi connectivity index (χ1v) is 4.73. The Morgan fingerprint density at radius 3 is 2.31 bits per heavy atom. The van der Waals surface area contributed by atoms with Gasteiger partial charge in [0.1, 0.15) is 0 Å². The van der Waals surface area contributed by atoms with Crippen molar-refractivity contribution in [3.8, 4) is 11.1 Å². The van der Waals surface area contributed by atoms with Gasteiger partial charge in [-0.15, -0.1) is 17.7 Å². The number of benzene rings is 2. The van der Waals surface area contributed by atoms with Gasteiger partial charge in [-0.25, -0.2) is 11.1 Å². The molecule has 0 nitrogen and oxygen atoms in total. The first kappa shape index (κ1) is 16.6. The summed E-state index contributed by atoms with van der Waals surface area (Å²) in [5, 5.41) is 0. The van der Waals surface area contributed by atoms with Crippen molar-refractivity contribution in [2.75, 3.05) is 0 Å².